The highest BCUT2D eigenvalue weighted by Gasteiger charge is 2.09. The Balaban J connectivity index is 0.00000225. The largest absolute Gasteiger partial charge is 0.324 e. The highest BCUT2D eigenvalue weighted by molar-refractivity contribution is 6.30. The molecule has 0 radical (unpaired) electrons. The summed E-state index contributed by atoms with van der Waals surface area (Å²) in [5, 5.41) is 12.4. The summed E-state index contributed by atoms with van der Waals surface area (Å²) in [4.78, 5) is 16.8. The fraction of sp³-hybridized carbons (Fsp3) is 0.0952. The molecular formula is C21H18Cl2N4O. The topological polar surface area (TPSA) is 70.7 Å². The molecule has 0 aliphatic carbocycles. The van der Waals surface area contributed by atoms with Gasteiger partial charge in [-0.1, -0.05) is 41.9 Å². The van der Waals surface area contributed by atoms with Crippen LogP contribution in [0.3, 0.4) is 0 Å². The first kappa shape index (κ1) is 19.9. The van der Waals surface area contributed by atoms with E-state index in [4.69, 9.17) is 11.6 Å². The second-order valence-corrected chi connectivity index (χ2v) is 6.80. The summed E-state index contributed by atoms with van der Waals surface area (Å²) in [5.41, 5.74) is 3.59. The Kier molecular flexibility index (Phi) is 6.29. The van der Waals surface area contributed by atoms with Crippen LogP contribution in [0.15, 0.2) is 67.1 Å². The summed E-state index contributed by atoms with van der Waals surface area (Å²) in [6.07, 6.45) is 6.08. The van der Waals surface area contributed by atoms with E-state index in [1.165, 1.54) is 0 Å². The summed E-state index contributed by atoms with van der Waals surface area (Å²) in [6, 6.07) is 15.5. The lowest BCUT2D eigenvalue weighted by molar-refractivity contribution is -0.115. The highest BCUT2D eigenvalue weighted by atomic mass is 35.5. The molecule has 28 heavy (non-hydrogen) atoms. The monoisotopic (exact) mass is 412 g/mol. The number of carbonyl (C=O) groups excluding carboxylic acids is 1. The zero-order valence-corrected chi connectivity index (χ0v) is 16.4. The van der Waals surface area contributed by atoms with Crippen LogP contribution in [0.25, 0.3) is 10.8 Å². The Morgan fingerprint density at radius 1 is 1.07 bits per heavy atom. The van der Waals surface area contributed by atoms with Gasteiger partial charge in [-0.15, -0.1) is 12.4 Å². The van der Waals surface area contributed by atoms with E-state index in [1.54, 1.807) is 18.6 Å². The Morgan fingerprint density at radius 3 is 2.71 bits per heavy atom. The van der Waals surface area contributed by atoms with Crippen LogP contribution >= 0.6 is 24.0 Å². The summed E-state index contributed by atoms with van der Waals surface area (Å²) < 4.78 is 0. The predicted molar refractivity (Wildman–Crippen MR) is 114 cm³/mol. The third-order valence-corrected chi connectivity index (χ3v) is 4.50. The summed E-state index contributed by atoms with van der Waals surface area (Å²) >= 11 is 6.24. The number of nitrogens with one attached hydrogen (secondary N) is 2. The quantitative estimate of drug-likeness (QED) is 0.494. The number of hydrogen-bond acceptors (Lipinski definition) is 3. The van der Waals surface area contributed by atoms with E-state index in [-0.39, 0.29) is 24.7 Å². The lowest BCUT2D eigenvalue weighted by Gasteiger charge is -2.09. The van der Waals surface area contributed by atoms with Gasteiger partial charge < -0.3 is 5.32 Å². The molecule has 0 aliphatic rings. The number of pyridine rings is 1. The summed E-state index contributed by atoms with van der Waals surface area (Å²) in [6.45, 7) is 0. The molecule has 7 heteroatoms. The standard InChI is InChI=1S/C21H17ClN4O.ClH/c22-17-8-14(10-18-5-6-24-26-18)7-15(9-17)11-21(27)25-20-13-23-12-16-3-1-2-4-19(16)20;/h1-9,12-13H,10-11H2,(H,24,26)(H,25,27);1H. The number of halogens is 2. The number of amides is 1. The summed E-state index contributed by atoms with van der Waals surface area (Å²) in [7, 11) is 0. The van der Waals surface area contributed by atoms with Crippen LogP contribution in [0, 0.1) is 0 Å². The Hall–Kier alpha value is -2.89. The van der Waals surface area contributed by atoms with E-state index in [2.05, 4.69) is 20.5 Å². The van der Waals surface area contributed by atoms with Crippen LogP contribution in [-0.2, 0) is 17.6 Å². The lowest BCUT2D eigenvalue weighted by atomic mass is 10.0. The number of fused-ring (bicyclic) bond motifs is 1. The molecule has 2 aromatic carbocycles. The first-order valence-electron chi connectivity index (χ1n) is 8.56. The number of aromatic nitrogens is 3. The smallest absolute Gasteiger partial charge is 0.228 e. The number of nitrogens with zero attached hydrogens (tertiary/aromatic N) is 2. The van der Waals surface area contributed by atoms with Gasteiger partial charge in [0.1, 0.15) is 0 Å². The van der Waals surface area contributed by atoms with Gasteiger partial charge in [-0.3, -0.25) is 14.9 Å². The van der Waals surface area contributed by atoms with Crippen molar-refractivity contribution in [3.8, 4) is 0 Å². The Bertz CT molecular complexity index is 1090. The lowest BCUT2D eigenvalue weighted by Crippen LogP contribution is -2.15. The number of aromatic amines is 1. The molecule has 142 valence electrons. The van der Waals surface area contributed by atoms with Crippen molar-refractivity contribution in [2.24, 2.45) is 0 Å². The molecular weight excluding hydrogens is 395 g/mol. The van der Waals surface area contributed by atoms with Gasteiger partial charge in [0.05, 0.1) is 18.3 Å². The number of benzene rings is 2. The number of carbonyl (C=O) groups is 1. The third kappa shape index (κ3) is 4.68. The third-order valence-electron chi connectivity index (χ3n) is 4.28. The van der Waals surface area contributed by atoms with Crippen LogP contribution in [0.4, 0.5) is 5.69 Å². The maximum atomic E-state index is 12.6. The molecule has 5 nitrogen and oxygen atoms in total. The fourth-order valence-electron chi connectivity index (χ4n) is 3.12. The van der Waals surface area contributed by atoms with Gasteiger partial charge in [0.2, 0.25) is 5.91 Å². The van der Waals surface area contributed by atoms with E-state index < -0.39 is 0 Å². The molecule has 0 unspecified atom stereocenters. The fourth-order valence-corrected chi connectivity index (χ4v) is 3.40. The molecule has 0 bridgehead atoms. The van der Waals surface area contributed by atoms with Crippen molar-refractivity contribution in [1.29, 1.82) is 0 Å². The second-order valence-electron chi connectivity index (χ2n) is 6.36. The van der Waals surface area contributed by atoms with Crippen molar-refractivity contribution >= 4 is 46.4 Å². The molecule has 0 saturated carbocycles. The van der Waals surface area contributed by atoms with Crippen molar-refractivity contribution in [1.82, 2.24) is 15.2 Å². The SMILES string of the molecule is Cl.O=C(Cc1cc(Cl)cc(Cc2ccn[nH]2)c1)Nc1cncc2ccccc12. The minimum Gasteiger partial charge on any atom is -0.324 e. The van der Waals surface area contributed by atoms with Crippen LogP contribution in [-0.4, -0.2) is 21.1 Å². The Labute approximate surface area is 173 Å². The predicted octanol–water partition coefficient (Wildman–Crippen LogP) is 4.81. The minimum atomic E-state index is -0.108. The van der Waals surface area contributed by atoms with Gasteiger partial charge in [-0.25, -0.2) is 0 Å². The molecule has 0 atom stereocenters. The number of H-pyrrole nitrogens is 1. The number of anilines is 1. The maximum absolute atomic E-state index is 12.6. The molecule has 2 N–H and O–H groups in total. The minimum absolute atomic E-state index is 0. The molecule has 4 rings (SSSR count). The van der Waals surface area contributed by atoms with Gasteiger partial charge in [0.15, 0.2) is 0 Å². The Morgan fingerprint density at radius 2 is 1.89 bits per heavy atom. The van der Waals surface area contributed by atoms with Gasteiger partial charge in [-0.05, 0) is 29.3 Å². The zero-order chi connectivity index (χ0) is 18.6. The van der Waals surface area contributed by atoms with Crippen molar-refractivity contribution in [3.05, 3.63) is 89.0 Å². The van der Waals surface area contributed by atoms with Crippen LogP contribution in [0.5, 0.6) is 0 Å². The normalized spacial score (nSPS) is 10.5. The van der Waals surface area contributed by atoms with Crippen molar-refractivity contribution in [2.45, 2.75) is 12.8 Å². The van der Waals surface area contributed by atoms with E-state index >= 15 is 0 Å². The highest BCUT2D eigenvalue weighted by Crippen LogP contribution is 2.22. The van der Waals surface area contributed by atoms with E-state index in [1.807, 2.05) is 48.5 Å². The van der Waals surface area contributed by atoms with E-state index in [0.29, 0.717) is 17.1 Å². The van der Waals surface area contributed by atoms with Crippen LogP contribution < -0.4 is 5.32 Å². The maximum Gasteiger partial charge on any atom is 0.228 e. The average molecular weight is 413 g/mol. The number of hydrogen-bond donors (Lipinski definition) is 2. The van der Waals surface area contributed by atoms with Crippen molar-refractivity contribution < 1.29 is 4.79 Å². The number of rotatable bonds is 5. The van der Waals surface area contributed by atoms with Gasteiger partial charge in [0, 0.05) is 40.3 Å². The second kappa shape index (κ2) is 8.87. The molecule has 0 spiro atoms. The van der Waals surface area contributed by atoms with Gasteiger partial charge >= 0.3 is 0 Å². The zero-order valence-electron chi connectivity index (χ0n) is 14.9. The van der Waals surface area contributed by atoms with Crippen molar-refractivity contribution in [2.75, 3.05) is 5.32 Å². The first-order chi connectivity index (χ1) is 13.2. The van der Waals surface area contributed by atoms with E-state index in [9.17, 15) is 4.79 Å². The molecule has 0 saturated heterocycles. The average Bonchev–Trinajstić information content (AvgIpc) is 3.14. The molecule has 2 heterocycles. The molecule has 1 amide bonds. The molecule has 4 aromatic rings. The van der Waals surface area contributed by atoms with Gasteiger partial charge in [0.25, 0.3) is 0 Å². The summed E-state index contributed by atoms with van der Waals surface area (Å²) in [5.74, 6) is -0.108. The van der Waals surface area contributed by atoms with Crippen LogP contribution in [0.2, 0.25) is 5.02 Å². The molecule has 0 aliphatic heterocycles. The molecule has 0 fully saturated rings. The van der Waals surface area contributed by atoms with Crippen molar-refractivity contribution in [3.63, 3.8) is 0 Å². The van der Waals surface area contributed by atoms with Crippen LogP contribution in [0.1, 0.15) is 16.8 Å². The van der Waals surface area contributed by atoms with E-state index in [0.717, 1.165) is 27.6 Å². The van der Waals surface area contributed by atoms with Gasteiger partial charge in [-0.2, -0.15) is 5.10 Å². The molecule has 2 aromatic heterocycles. The first-order valence-corrected chi connectivity index (χ1v) is 8.94.